The van der Waals surface area contributed by atoms with Crippen molar-refractivity contribution in [3.63, 3.8) is 0 Å². The molecule has 0 spiro atoms. The van der Waals surface area contributed by atoms with Crippen LogP contribution in [0.25, 0.3) is 0 Å². The second-order valence-electron chi connectivity index (χ2n) is 7.19. The molecule has 2 aliphatic heterocycles. The third-order valence-corrected chi connectivity index (χ3v) is 8.28. The van der Waals surface area contributed by atoms with Gasteiger partial charge in [-0.3, -0.25) is 4.79 Å². The molecule has 0 atom stereocenters. The van der Waals surface area contributed by atoms with Crippen molar-refractivity contribution in [2.45, 2.75) is 23.8 Å². The van der Waals surface area contributed by atoms with Gasteiger partial charge in [-0.1, -0.05) is 23.7 Å². The molecule has 2 fully saturated rings. The summed E-state index contributed by atoms with van der Waals surface area (Å²) in [7, 11) is 0. The van der Waals surface area contributed by atoms with Crippen LogP contribution in [0.5, 0.6) is 5.75 Å². The predicted octanol–water partition coefficient (Wildman–Crippen LogP) is 5.83. The molecule has 154 valence electrons. The minimum Gasteiger partial charge on any atom is -0.484 e. The van der Waals surface area contributed by atoms with Crippen LogP contribution in [0.4, 0.5) is 11.4 Å². The van der Waals surface area contributed by atoms with Crippen molar-refractivity contribution in [3.05, 3.63) is 53.1 Å². The van der Waals surface area contributed by atoms with Crippen molar-refractivity contribution in [1.29, 1.82) is 0 Å². The number of rotatable bonds is 6. The van der Waals surface area contributed by atoms with Gasteiger partial charge in [0.25, 0.3) is 5.91 Å². The lowest BCUT2D eigenvalue weighted by Gasteiger charge is -2.22. The Bertz CT molecular complexity index is 835. The van der Waals surface area contributed by atoms with E-state index >= 15 is 0 Å². The second kappa shape index (κ2) is 10.0. The number of ether oxygens (including phenoxy) is 1. The van der Waals surface area contributed by atoms with Crippen LogP contribution in [-0.2, 0) is 4.79 Å². The van der Waals surface area contributed by atoms with Gasteiger partial charge in [0.1, 0.15) is 5.75 Å². The number of halogens is 1. The number of benzene rings is 2. The summed E-state index contributed by atoms with van der Waals surface area (Å²) in [5.41, 5.74) is 3.08. The van der Waals surface area contributed by atoms with E-state index in [1.165, 1.54) is 36.3 Å². The zero-order valence-corrected chi connectivity index (χ0v) is 18.6. The van der Waals surface area contributed by atoms with Gasteiger partial charge in [0.2, 0.25) is 0 Å². The van der Waals surface area contributed by atoms with Crippen LogP contribution in [0.3, 0.4) is 0 Å². The van der Waals surface area contributed by atoms with E-state index in [4.69, 9.17) is 16.3 Å². The van der Waals surface area contributed by atoms with Crippen LogP contribution in [0.2, 0.25) is 5.02 Å². The highest BCUT2D eigenvalue weighted by molar-refractivity contribution is 8.16. The highest BCUT2D eigenvalue weighted by Gasteiger charge is 2.18. The van der Waals surface area contributed by atoms with E-state index in [0.29, 0.717) is 15.4 Å². The summed E-state index contributed by atoms with van der Waals surface area (Å²) in [6.07, 6.45) is 3.63. The molecule has 4 nitrogen and oxygen atoms in total. The van der Waals surface area contributed by atoms with Crippen molar-refractivity contribution >= 4 is 52.4 Å². The maximum absolute atomic E-state index is 12.5. The third kappa shape index (κ3) is 5.56. The molecule has 0 radical (unpaired) electrons. The summed E-state index contributed by atoms with van der Waals surface area (Å²) in [6, 6.07) is 13.8. The topological polar surface area (TPSA) is 41.6 Å². The highest BCUT2D eigenvalue weighted by atomic mass is 35.5. The van der Waals surface area contributed by atoms with Gasteiger partial charge in [-0.25, -0.2) is 0 Å². The molecule has 0 bridgehead atoms. The van der Waals surface area contributed by atoms with E-state index in [1.54, 1.807) is 6.07 Å². The van der Waals surface area contributed by atoms with Gasteiger partial charge in [0.05, 0.1) is 16.0 Å². The summed E-state index contributed by atoms with van der Waals surface area (Å²) in [5, 5.41) is 3.57. The Morgan fingerprint density at radius 3 is 2.52 bits per heavy atom. The van der Waals surface area contributed by atoms with E-state index in [2.05, 4.69) is 22.3 Å². The highest BCUT2D eigenvalue weighted by Crippen LogP contribution is 2.43. The minimum absolute atomic E-state index is 0.0295. The first-order valence-corrected chi connectivity index (χ1v) is 12.5. The number of nitrogens with zero attached hydrogens (tertiary/aromatic N) is 1. The molecule has 0 aliphatic carbocycles. The van der Waals surface area contributed by atoms with E-state index in [-0.39, 0.29) is 12.5 Å². The molecular formula is C22H25ClN2O2S2. The predicted molar refractivity (Wildman–Crippen MR) is 126 cm³/mol. The van der Waals surface area contributed by atoms with Crippen molar-refractivity contribution < 1.29 is 9.53 Å². The SMILES string of the molecule is O=C(COc1ccc(C2SCCCS2)cc1)Nc1cc(Cl)ccc1N1CCCC1. The summed E-state index contributed by atoms with van der Waals surface area (Å²) in [6.45, 7) is 1.98. The molecule has 2 aromatic carbocycles. The molecule has 0 unspecified atom stereocenters. The Morgan fingerprint density at radius 2 is 1.79 bits per heavy atom. The van der Waals surface area contributed by atoms with Crippen LogP contribution in [0.1, 0.15) is 29.4 Å². The molecule has 0 aromatic heterocycles. The van der Waals surface area contributed by atoms with Crippen molar-refractivity contribution in [1.82, 2.24) is 0 Å². The number of anilines is 2. The first kappa shape index (κ1) is 20.8. The van der Waals surface area contributed by atoms with Gasteiger partial charge in [-0.15, -0.1) is 23.5 Å². The number of hydrogen-bond donors (Lipinski definition) is 1. The minimum atomic E-state index is -0.185. The normalized spacial score (nSPS) is 17.3. The first-order valence-electron chi connectivity index (χ1n) is 9.99. The molecular weight excluding hydrogens is 424 g/mol. The Kier molecular flexibility index (Phi) is 7.16. The fourth-order valence-electron chi connectivity index (χ4n) is 3.58. The maximum Gasteiger partial charge on any atom is 0.262 e. The quantitative estimate of drug-likeness (QED) is 0.602. The van der Waals surface area contributed by atoms with E-state index in [0.717, 1.165) is 24.5 Å². The summed E-state index contributed by atoms with van der Waals surface area (Å²) < 4.78 is 6.21. The van der Waals surface area contributed by atoms with Gasteiger partial charge in [0.15, 0.2) is 6.61 Å². The molecule has 2 aliphatic rings. The number of thioether (sulfide) groups is 2. The Labute approximate surface area is 185 Å². The molecule has 1 amide bonds. The summed E-state index contributed by atoms with van der Waals surface area (Å²) in [4.78, 5) is 14.8. The molecule has 2 heterocycles. The van der Waals surface area contributed by atoms with Crippen LogP contribution >= 0.6 is 35.1 Å². The van der Waals surface area contributed by atoms with Crippen molar-refractivity contribution in [3.8, 4) is 5.75 Å². The number of amides is 1. The third-order valence-electron chi connectivity index (χ3n) is 5.03. The Morgan fingerprint density at radius 1 is 1.07 bits per heavy atom. The number of carbonyl (C=O) groups is 1. The van der Waals surface area contributed by atoms with Crippen LogP contribution < -0.4 is 15.0 Å². The van der Waals surface area contributed by atoms with Crippen LogP contribution in [-0.4, -0.2) is 37.1 Å². The Balaban J connectivity index is 1.34. The fraction of sp³-hybridized carbons (Fsp3) is 0.409. The largest absolute Gasteiger partial charge is 0.484 e. The molecule has 1 N–H and O–H groups in total. The zero-order valence-electron chi connectivity index (χ0n) is 16.2. The molecule has 2 saturated heterocycles. The summed E-state index contributed by atoms with van der Waals surface area (Å²) >= 11 is 10.1. The standard InChI is InChI=1S/C22H25ClN2O2S2/c23-17-6-9-20(25-10-1-2-11-25)19(14-17)24-21(26)15-27-18-7-4-16(5-8-18)22-28-12-3-13-29-22/h4-9,14,22H,1-3,10-13,15H2,(H,24,26). The van der Waals surface area contributed by atoms with Crippen molar-refractivity contribution in [2.24, 2.45) is 0 Å². The van der Waals surface area contributed by atoms with Crippen LogP contribution in [0.15, 0.2) is 42.5 Å². The molecule has 2 aromatic rings. The molecule has 4 rings (SSSR count). The van der Waals surface area contributed by atoms with Gasteiger partial charge in [-0.05, 0) is 66.7 Å². The van der Waals surface area contributed by atoms with E-state index in [9.17, 15) is 4.79 Å². The lowest BCUT2D eigenvalue weighted by atomic mass is 10.2. The molecule has 0 saturated carbocycles. The van der Waals surface area contributed by atoms with Crippen LogP contribution in [0, 0.1) is 0 Å². The van der Waals surface area contributed by atoms with Gasteiger partial charge >= 0.3 is 0 Å². The Hall–Kier alpha value is -1.50. The second-order valence-corrected chi connectivity index (χ2v) is 10.3. The number of nitrogens with one attached hydrogen (secondary N) is 1. The van der Waals surface area contributed by atoms with Gasteiger partial charge in [-0.2, -0.15) is 0 Å². The van der Waals surface area contributed by atoms with E-state index < -0.39 is 0 Å². The number of carbonyl (C=O) groups excluding carboxylic acids is 1. The van der Waals surface area contributed by atoms with Gasteiger partial charge in [0, 0.05) is 18.1 Å². The average Bonchev–Trinajstić information content (AvgIpc) is 3.28. The lowest BCUT2D eigenvalue weighted by molar-refractivity contribution is -0.118. The zero-order chi connectivity index (χ0) is 20.1. The smallest absolute Gasteiger partial charge is 0.262 e. The van der Waals surface area contributed by atoms with E-state index in [1.807, 2.05) is 47.8 Å². The van der Waals surface area contributed by atoms with Crippen molar-refractivity contribution in [2.75, 3.05) is 41.4 Å². The molecule has 29 heavy (non-hydrogen) atoms. The number of hydrogen-bond acceptors (Lipinski definition) is 5. The fourth-order valence-corrected chi connectivity index (χ4v) is 6.65. The maximum atomic E-state index is 12.5. The lowest BCUT2D eigenvalue weighted by Crippen LogP contribution is -2.24. The van der Waals surface area contributed by atoms with Gasteiger partial charge < -0.3 is 15.0 Å². The monoisotopic (exact) mass is 448 g/mol. The average molecular weight is 449 g/mol. The first-order chi connectivity index (χ1) is 14.2. The summed E-state index contributed by atoms with van der Waals surface area (Å²) in [5.74, 6) is 2.97. The molecule has 7 heteroatoms.